The van der Waals surface area contributed by atoms with Gasteiger partial charge < -0.3 is 24.3 Å². The van der Waals surface area contributed by atoms with Gasteiger partial charge in [0, 0.05) is 24.1 Å². The lowest BCUT2D eigenvalue weighted by molar-refractivity contribution is 0.0240. The van der Waals surface area contributed by atoms with E-state index in [0.717, 1.165) is 11.1 Å². The molecule has 2 N–H and O–H groups in total. The Hall–Kier alpha value is -2.46. The Bertz CT molecular complexity index is 1050. The average molecular weight is 434 g/mol. The maximum Gasteiger partial charge on any atom is 0.260 e. The average Bonchev–Trinajstić information content (AvgIpc) is 3.16. The van der Waals surface area contributed by atoms with Crippen molar-refractivity contribution in [1.82, 2.24) is 14.9 Å². The number of rotatable bonds is 10. The molecule has 3 aromatic rings. The predicted molar refractivity (Wildman–Crippen MR) is 118 cm³/mol. The van der Waals surface area contributed by atoms with Crippen LogP contribution in [0.3, 0.4) is 0 Å². The summed E-state index contributed by atoms with van der Waals surface area (Å²) in [6.45, 7) is 3.56. The summed E-state index contributed by atoms with van der Waals surface area (Å²) in [5, 5.41) is 12.5. The largest absolute Gasteiger partial charge is 0.493 e. The third kappa shape index (κ3) is 4.99. The molecule has 0 saturated carbocycles. The summed E-state index contributed by atoms with van der Waals surface area (Å²) in [5.74, 6) is 1.78. The van der Waals surface area contributed by atoms with E-state index in [1.807, 2.05) is 42.5 Å². The number of hydrogen-bond donors (Lipinski definition) is 2. The molecular weight excluding hydrogens is 406 g/mol. The maximum absolute atomic E-state index is 12.8. The molecule has 30 heavy (non-hydrogen) atoms. The van der Waals surface area contributed by atoms with Gasteiger partial charge in [0.15, 0.2) is 11.5 Å². The van der Waals surface area contributed by atoms with Crippen LogP contribution in [0.4, 0.5) is 0 Å². The van der Waals surface area contributed by atoms with Crippen molar-refractivity contribution in [3.8, 4) is 22.6 Å². The summed E-state index contributed by atoms with van der Waals surface area (Å²) in [4.78, 5) is 22.9. The van der Waals surface area contributed by atoms with Crippen LogP contribution < -0.4 is 15.0 Å². The van der Waals surface area contributed by atoms with Gasteiger partial charge >= 0.3 is 0 Å². The quantitative estimate of drug-likeness (QED) is 0.507. The van der Waals surface area contributed by atoms with Gasteiger partial charge in [-0.25, -0.2) is 4.98 Å². The van der Waals surface area contributed by atoms with E-state index in [1.54, 1.807) is 14.2 Å². The molecule has 0 radical (unpaired) electrons. The van der Waals surface area contributed by atoms with E-state index in [2.05, 4.69) is 9.97 Å². The Morgan fingerprint density at radius 2 is 2.03 bits per heavy atom. The number of nitrogens with zero attached hydrogens (tertiary/aromatic N) is 2. The van der Waals surface area contributed by atoms with Crippen LogP contribution in [0.5, 0.6) is 11.5 Å². The topological polar surface area (TPSA) is 96.9 Å². The molecule has 162 valence electrons. The molecular formula is C21H27N3O5S. The number of thiophene rings is 1. The number of nitrogens with one attached hydrogen (secondary N) is 1. The minimum Gasteiger partial charge on any atom is -0.493 e. The molecule has 1 aromatic carbocycles. The first-order chi connectivity index (χ1) is 14.5. The third-order valence-corrected chi connectivity index (χ3v) is 5.52. The second-order valence-corrected chi connectivity index (χ2v) is 7.78. The van der Waals surface area contributed by atoms with Gasteiger partial charge in [0.2, 0.25) is 0 Å². The van der Waals surface area contributed by atoms with Gasteiger partial charge in [-0.3, -0.25) is 9.69 Å². The van der Waals surface area contributed by atoms with Crippen LogP contribution in [-0.4, -0.2) is 67.1 Å². The lowest BCUT2D eigenvalue weighted by Crippen LogP contribution is -2.32. The van der Waals surface area contributed by atoms with Crippen LogP contribution in [0.2, 0.25) is 0 Å². The molecule has 3 rings (SSSR count). The number of benzene rings is 1. The summed E-state index contributed by atoms with van der Waals surface area (Å²) in [7, 11) is 5.03. The molecule has 0 fully saturated rings. The Kier molecular flexibility index (Phi) is 7.43. The first kappa shape index (κ1) is 22.2. The van der Waals surface area contributed by atoms with Crippen molar-refractivity contribution in [2.75, 3.05) is 41.0 Å². The number of aliphatic hydroxyl groups is 1. The number of aromatic amines is 1. The molecule has 0 aliphatic carbocycles. The smallest absolute Gasteiger partial charge is 0.260 e. The van der Waals surface area contributed by atoms with Crippen molar-refractivity contribution in [2.45, 2.75) is 19.6 Å². The fourth-order valence-electron chi connectivity index (χ4n) is 3.27. The number of methoxy groups -OCH3 is 2. The van der Waals surface area contributed by atoms with Crippen LogP contribution >= 0.6 is 11.3 Å². The zero-order valence-corrected chi connectivity index (χ0v) is 18.4. The summed E-state index contributed by atoms with van der Waals surface area (Å²) >= 11 is 1.42. The summed E-state index contributed by atoms with van der Waals surface area (Å²) in [5.41, 5.74) is 1.47. The van der Waals surface area contributed by atoms with E-state index < -0.39 is 6.10 Å². The third-order valence-electron chi connectivity index (χ3n) is 4.64. The predicted octanol–water partition coefficient (Wildman–Crippen LogP) is 2.50. The number of aromatic nitrogens is 2. The van der Waals surface area contributed by atoms with Gasteiger partial charge in [-0.05, 0) is 31.7 Å². The van der Waals surface area contributed by atoms with Crippen molar-refractivity contribution in [2.24, 2.45) is 0 Å². The second-order valence-electron chi connectivity index (χ2n) is 6.92. The standard InChI is InChI=1S/C21H27N3O5S/c1-5-29-11-14(25)9-24(2)10-18-22-20(26)19-15(12-30-21(19)23-18)13-6-7-16(27-3)17(8-13)28-4/h6-8,12,14,25H,5,9-11H2,1-4H3,(H,22,23,26). The highest BCUT2D eigenvalue weighted by molar-refractivity contribution is 7.17. The molecule has 8 nitrogen and oxygen atoms in total. The van der Waals surface area contributed by atoms with Crippen LogP contribution in [0, 0.1) is 0 Å². The Balaban J connectivity index is 1.84. The number of likely N-dealkylation sites (N-methyl/N-ethyl adjacent to an activating group) is 1. The van der Waals surface area contributed by atoms with Crippen LogP contribution in [-0.2, 0) is 11.3 Å². The first-order valence-corrected chi connectivity index (χ1v) is 10.5. The molecule has 9 heteroatoms. The van der Waals surface area contributed by atoms with Crippen LogP contribution in [0.15, 0.2) is 28.4 Å². The van der Waals surface area contributed by atoms with E-state index in [0.29, 0.717) is 47.2 Å². The maximum atomic E-state index is 12.8. The molecule has 1 unspecified atom stereocenters. The number of ether oxygens (including phenoxy) is 3. The number of hydrogen-bond acceptors (Lipinski definition) is 8. The van der Waals surface area contributed by atoms with Crippen LogP contribution in [0.25, 0.3) is 21.3 Å². The lowest BCUT2D eigenvalue weighted by Gasteiger charge is -2.19. The highest BCUT2D eigenvalue weighted by Gasteiger charge is 2.16. The molecule has 0 bridgehead atoms. The highest BCUT2D eigenvalue weighted by Crippen LogP contribution is 2.36. The van der Waals surface area contributed by atoms with Gasteiger partial charge in [-0.1, -0.05) is 6.07 Å². The molecule has 0 aliphatic rings. The van der Waals surface area contributed by atoms with Gasteiger partial charge in [0.25, 0.3) is 5.56 Å². The number of aliphatic hydroxyl groups excluding tert-OH is 1. The normalized spacial score (nSPS) is 12.5. The zero-order chi connectivity index (χ0) is 21.7. The molecule has 0 saturated heterocycles. The SMILES string of the molecule is CCOCC(O)CN(C)Cc1nc2scc(-c3ccc(OC)c(OC)c3)c2c(=O)[nH]1. The molecule has 2 heterocycles. The van der Waals surface area contributed by atoms with Gasteiger partial charge in [-0.2, -0.15) is 0 Å². The number of H-pyrrole nitrogens is 1. The lowest BCUT2D eigenvalue weighted by atomic mass is 10.1. The van der Waals surface area contributed by atoms with Crippen molar-refractivity contribution in [1.29, 1.82) is 0 Å². The second kappa shape index (κ2) is 10.0. The molecule has 0 aliphatic heterocycles. The van der Waals surface area contributed by atoms with E-state index in [-0.39, 0.29) is 12.2 Å². The summed E-state index contributed by atoms with van der Waals surface area (Å²) in [6.07, 6.45) is -0.594. The Morgan fingerprint density at radius 1 is 1.27 bits per heavy atom. The van der Waals surface area contributed by atoms with E-state index >= 15 is 0 Å². The summed E-state index contributed by atoms with van der Waals surface area (Å²) < 4.78 is 15.9. The van der Waals surface area contributed by atoms with Gasteiger partial charge in [0.05, 0.1) is 38.9 Å². The minimum atomic E-state index is -0.594. The van der Waals surface area contributed by atoms with Crippen molar-refractivity contribution >= 4 is 21.6 Å². The fourth-order valence-corrected chi connectivity index (χ4v) is 4.24. The summed E-state index contributed by atoms with van der Waals surface area (Å²) in [6, 6.07) is 5.56. The van der Waals surface area contributed by atoms with Crippen molar-refractivity contribution in [3.63, 3.8) is 0 Å². The first-order valence-electron chi connectivity index (χ1n) is 9.63. The molecule has 0 spiro atoms. The fraction of sp³-hybridized carbons (Fsp3) is 0.429. The number of fused-ring (bicyclic) bond motifs is 1. The molecule has 1 atom stereocenters. The molecule has 2 aromatic heterocycles. The Labute approximate surface area is 179 Å². The Morgan fingerprint density at radius 3 is 2.73 bits per heavy atom. The minimum absolute atomic E-state index is 0.190. The van der Waals surface area contributed by atoms with Crippen molar-refractivity contribution < 1.29 is 19.3 Å². The zero-order valence-electron chi connectivity index (χ0n) is 17.6. The van der Waals surface area contributed by atoms with E-state index in [1.165, 1.54) is 11.3 Å². The van der Waals surface area contributed by atoms with E-state index in [4.69, 9.17) is 14.2 Å². The van der Waals surface area contributed by atoms with Crippen LogP contribution in [0.1, 0.15) is 12.7 Å². The van der Waals surface area contributed by atoms with Crippen molar-refractivity contribution in [3.05, 3.63) is 39.8 Å². The highest BCUT2D eigenvalue weighted by atomic mass is 32.1. The van der Waals surface area contributed by atoms with Gasteiger partial charge in [-0.15, -0.1) is 11.3 Å². The monoisotopic (exact) mass is 433 g/mol. The molecule has 0 amide bonds. The van der Waals surface area contributed by atoms with E-state index in [9.17, 15) is 9.90 Å². The van der Waals surface area contributed by atoms with Gasteiger partial charge in [0.1, 0.15) is 10.7 Å².